The zero-order valence-corrected chi connectivity index (χ0v) is 13.1. The molecule has 1 saturated heterocycles. The highest BCUT2D eigenvalue weighted by Gasteiger charge is 2.36. The summed E-state index contributed by atoms with van der Waals surface area (Å²) in [4.78, 5) is 37.8. The van der Waals surface area contributed by atoms with Crippen LogP contribution in [0, 0.1) is 5.92 Å². The molecule has 1 aromatic rings. The van der Waals surface area contributed by atoms with Crippen LogP contribution < -0.4 is 10.2 Å². The van der Waals surface area contributed by atoms with E-state index in [9.17, 15) is 14.4 Å². The molecule has 1 heterocycles. The maximum absolute atomic E-state index is 12.3. The molecule has 122 valence electrons. The number of hydrogen-bond donors (Lipinski definition) is 1. The number of carbonyl (C=O) groups excluding carboxylic acids is 3. The van der Waals surface area contributed by atoms with Crippen LogP contribution in [0.1, 0.15) is 23.7 Å². The molecule has 1 N–H and O–H groups in total. The van der Waals surface area contributed by atoms with E-state index < -0.39 is 11.9 Å². The average Bonchev–Trinajstić information content (AvgIpc) is 2.94. The molecule has 2 rings (SSSR count). The summed E-state index contributed by atoms with van der Waals surface area (Å²) >= 11 is 0. The van der Waals surface area contributed by atoms with Gasteiger partial charge in [0.05, 0.1) is 23.8 Å². The summed E-state index contributed by atoms with van der Waals surface area (Å²) in [5, 5.41) is 2.70. The monoisotopic (exact) mass is 316 g/mol. The van der Waals surface area contributed by atoms with Crippen LogP contribution in [0.3, 0.4) is 0 Å². The first-order valence-corrected chi connectivity index (χ1v) is 7.53. The second-order valence-corrected chi connectivity index (χ2v) is 5.18. The van der Waals surface area contributed by atoms with Crippen molar-refractivity contribution in [2.45, 2.75) is 13.3 Å². The van der Waals surface area contributed by atoms with Crippen molar-refractivity contribution in [2.24, 2.45) is 5.92 Å². The Bertz CT molecular complexity index is 627. The van der Waals surface area contributed by atoms with Crippen molar-refractivity contribution >= 4 is 23.5 Å². The molecule has 1 aliphatic heterocycles. The number of hydrogen-bond acceptors (Lipinski definition) is 4. The predicted molar refractivity (Wildman–Crippen MR) is 86.1 cm³/mol. The Morgan fingerprint density at radius 3 is 2.87 bits per heavy atom. The molecule has 1 aromatic carbocycles. The highest BCUT2D eigenvalue weighted by Crippen LogP contribution is 2.28. The van der Waals surface area contributed by atoms with Crippen LogP contribution >= 0.6 is 0 Å². The lowest BCUT2D eigenvalue weighted by molar-refractivity contribution is -0.126. The van der Waals surface area contributed by atoms with Crippen molar-refractivity contribution in [1.82, 2.24) is 5.32 Å². The molecular formula is C17H20N2O4. The van der Waals surface area contributed by atoms with Crippen molar-refractivity contribution in [1.29, 1.82) is 0 Å². The third-order valence-electron chi connectivity index (χ3n) is 3.61. The van der Waals surface area contributed by atoms with E-state index in [1.807, 2.05) is 0 Å². The first-order chi connectivity index (χ1) is 11.1. The minimum atomic E-state index is -0.476. The Morgan fingerprint density at radius 1 is 1.43 bits per heavy atom. The van der Waals surface area contributed by atoms with Gasteiger partial charge < -0.3 is 15.0 Å². The van der Waals surface area contributed by atoms with Gasteiger partial charge in [-0.05, 0) is 19.1 Å². The molecule has 1 unspecified atom stereocenters. The van der Waals surface area contributed by atoms with Crippen LogP contribution in [0.4, 0.5) is 5.69 Å². The largest absolute Gasteiger partial charge is 0.462 e. The topological polar surface area (TPSA) is 75.7 Å². The Balaban J connectivity index is 2.19. The predicted octanol–water partition coefficient (Wildman–Crippen LogP) is 1.52. The zero-order chi connectivity index (χ0) is 16.8. The maximum atomic E-state index is 12.3. The molecule has 23 heavy (non-hydrogen) atoms. The highest BCUT2D eigenvalue weighted by molar-refractivity contribution is 6.05. The lowest BCUT2D eigenvalue weighted by Crippen LogP contribution is -2.33. The second kappa shape index (κ2) is 7.58. The van der Waals surface area contributed by atoms with Gasteiger partial charge in [0, 0.05) is 19.5 Å². The van der Waals surface area contributed by atoms with Gasteiger partial charge in [0.2, 0.25) is 11.8 Å². The van der Waals surface area contributed by atoms with Crippen LogP contribution in [0.2, 0.25) is 0 Å². The van der Waals surface area contributed by atoms with E-state index >= 15 is 0 Å². The standard InChI is InChI=1S/C17H20N2O4/c1-3-9-18-16(21)12-10-15(20)19(11-12)14-8-6-5-7-13(14)17(22)23-4-2/h3,5-8,12H,1,4,9-11H2,2H3,(H,18,21). The number of carbonyl (C=O) groups is 3. The molecule has 0 spiro atoms. The Morgan fingerprint density at radius 2 is 2.17 bits per heavy atom. The van der Waals surface area contributed by atoms with Gasteiger partial charge in [0.15, 0.2) is 0 Å². The minimum Gasteiger partial charge on any atom is -0.462 e. The first kappa shape index (κ1) is 16.7. The Labute approximate surface area is 135 Å². The van der Waals surface area contributed by atoms with E-state index in [0.717, 1.165) is 0 Å². The van der Waals surface area contributed by atoms with Gasteiger partial charge in [-0.25, -0.2) is 4.79 Å². The fourth-order valence-corrected chi connectivity index (χ4v) is 2.52. The number of ether oxygens (including phenoxy) is 1. The van der Waals surface area contributed by atoms with Gasteiger partial charge in [-0.15, -0.1) is 6.58 Å². The van der Waals surface area contributed by atoms with E-state index in [0.29, 0.717) is 17.8 Å². The van der Waals surface area contributed by atoms with E-state index in [4.69, 9.17) is 4.74 Å². The molecule has 2 amide bonds. The van der Waals surface area contributed by atoms with E-state index in [1.165, 1.54) is 4.90 Å². The summed E-state index contributed by atoms with van der Waals surface area (Å²) in [7, 11) is 0. The third kappa shape index (κ3) is 3.77. The molecule has 6 heteroatoms. The van der Waals surface area contributed by atoms with Crippen LogP contribution in [0.15, 0.2) is 36.9 Å². The van der Waals surface area contributed by atoms with Gasteiger partial charge in [-0.1, -0.05) is 18.2 Å². The molecular weight excluding hydrogens is 296 g/mol. The molecule has 0 aliphatic carbocycles. The summed E-state index contributed by atoms with van der Waals surface area (Å²) < 4.78 is 5.02. The normalized spacial score (nSPS) is 17.0. The van der Waals surface area contributed by atoms with Crippen LogP contribution in [0.5, 0.6) is 0 Å². The molecule has 0 bridgehead atoms. The van der Waals surface area contributed by atoms with Crippen LogP contribution in [-0.4, -0.2) is 37.5 Å². The number of esters is 1. The summed E-state index contributed by atoms with van der Waals surface area (Å²) in [6, 6.07) is 6.76. The number of nitrogens with zero attached hydrogens (tertiary/aromatic N) is 1. The number of rotatable bonds is 6. The molecule has 6 nitrogen and oxygen atoms in total. The van der Waals surface area contributed by atoms with Crippen molar-refractivity contribution < 1.29 is 19.1 Å². The molecule has 0 radical (unpaired) electrons. The quantitative estimate of drug-likeness (QED) is 0.638. The van der Waals surface area contributed by atoms with Crippen LogP contribution in [-0.2, 0) is 14.3 Å². The van der Waals surface area contributed by atoms with Crippen LogP contribution in [0.25, 0.3) is 0 Å². The summed E-state index contributed by atoms with van der Waals surface area (Å²) in [6.45, 7) is 6.14. The lowest BCUT2D eigenvalue weighted by atomic mass is 10.1. The number of amides is 2. The van der Waals surface area contributed by atoms with Gasteiger partial charge in [-0.2, -0.15) is 0 Å². The Hall–Kier alpha value is -2.63. The fraction of sp³-hybridized carbons (Fsp3) is 0.353. The van der Waals surface area contributed by atoms with Crippen molar-refractivity contribution in [3.8, 4) is 0 Å². The molecule has 1 aliphatic rings. The van der Waals surface area contributed by atoms with E-state index in [-0.39, 0.29) is 31.4 Å². The summed E-state index contributed by atoms with van der Waals surface area (Å²) in [5.41, 5.74) is 0.810. The maximum Gasteiger partial charge on any atom is 0.340 e. The molecule has 1 atom stereocenters. The van der Waals surface area contributed by atoms with E-state index in [1.54, 1.807) is 37.3 Å². The van der Waals surface area contributed by atoms with Gasteiger partial charge in [-0.3, -0.25) is 9.59 Å². The fourth-order valence-electron chi connectivity index (χ4n) is 2.52. The Kier molecular flexibility index (Phi) is 5.51. The smallest absolute Gasteiger partial charge is 0.340 e. The SMILES string of the molecule is C=CCNC(=O)C1CC(=O)N(c2ccccc2C(=O)OCC)C1. The number of nitrogens with one attached hydrogen (secondary N) is 1. The van der Waals surface area contributed by atoms with E-state index in [2.05, 4.69) is 11.9 Å². The molecule has 1 fully saturated rings. The average molecular weight is 316 g/mol. The van der Waals surface area contributed by atoms with Crippen molar-refractivity contribution in [2.75, 3.05) is 24.6 Å². The minimum absolute atomic E-state index is 0.125. The number of benzene rings is 1. The summed E-state index contributed by atoms with van der Waals surface area (Å²) in [6.07, 6.45) is 1.71. The number of para-hydroxylation sites is 1. The van der Waals surface area contributed by atoms with Crippen molar-refractivity contribution in [3.63, 3.8) is 0 Å². The lowest BCUT2D eigenvalue weighted by Gasteiger charge is -2.19. The number of anilines is 1. The zero-order valence-electron chi connectivity index (χ0n) is 13.1. The third-order valence-corrected chi connectivity index (χ3v) is 3.61. The summed E-state index contributed by atoms with van der Waals surface area (Å²) in [5.74, 6) is -1.27. The first-order valence-electron chi connectivity index (χ1n) is 7.53. The molecule has 0 saturated carbocycles. The van der Waals surface area contributed by atoms with Gasteiger partial charge in [0.1, 0.15) is 0 Å². The van der Waals surface area contributed by atoms with Gasteiger partial charge >= 0.3 is 5.97 Å². The van der Waals surface area contributed by atoms with Crippen molar-refractivity contribution in [3.05, 3.63) is 42.5 Å². The molecule has 0 aromatic heterocycles. The highest BCUT2D eigenvalue weighted by atomic mass is 16.5. The second-order valence-electron chi connectivity index (χ2n) is 5.18. The van der Waals surface area contributed by atoms with Gasteiger partial charge in [0.25, 0.3) is 0 Å².